The van der Waals surface area contributed by atoms with Gasteiger partial charge in [0.25, 0.3) is 0 Å². The molecule has 1 aliphatic heterocycles. The van der Waals surface area contributed by atoms with Gasteiger partial charge in [0.05, 0.1) is 18.2 Å². The van der Waals surface area contributed by atoms with Crippen LogP contribution in [-0.4, -0.2) is 18.1 Å². The van der Waals surface area contributed by atoms with Crippen molar-refractivity contribution in [1.82, 2.24) is 4.98 Å². The van der Waals surface area contributed by atoms with Gasteiger partial charge in [-0.05, 0) is 12.8 Å². The molecule has 0 N–H and O–H groups in total. The van der Waals surface area contributed by atoms with Gasteiger partial charge in [0.15, 0.2) is 5.13 Å². The summed E-state index contributed by atoms with van der Waals surface area (Å²) in [5, 5.41) is 11.6. The highest BCUT2D eigenvalue weighted by atomic mass is 32.1. The molecule has 1 fully saturated rings. The molecule has 0 atom stereocenters. The Labute approximate surface area is 81.6 Å². The summed E-state index contributed by atoms with van der Waals surface area (Å²) in [4.78, 5) is 6.70. The van der Waals surface area contributed by atoms with Crippen molar-refractivity contribution in [1.29, 1.82) is 5.26 Å². The summed E-state index contributed by atoms with van der Waals surface area (Å²) in [6, 6.07) is 2.11. The monoisotopic (exact) mass is 193 g/mol. The Bertz CT molecular complexity index is 320. The van der Waals surface area contributed by atoms with E-state index in [1.807, 2.05) is 5.38 Å². The van der Waals surface area contributed by atoms with Crippen LogP contribution < -0.4 is 4.90 Å². The van der Waals surface area contributed by atoms with E-state index in [0.29, 0.717) is 6.42 Å². The van der Waals surface area contributed by atoms with Gasteiger partial charge in [-0.3, -0.25) is 0 Å². The van der Waals surface area contributed by atoms with Crippen LogP contribution in [0.2, 0.25) is 0 Å². The summed E-state index contributed by atoms with van der Waals surface area (Å²) < 4.78 is 0. The van der Waals surface area contributed by atoms with Gasteiger partial charge in [-0.25, -0.2) is 4.98 Å². The quantitative estimate of drug-likeness (QED) is 0.719. The zero-order valence-electron chi connectivity index (χ0n) is 7.36. The first kappa shape index (κ1) is 8.52. The molecular weight excluding hydrogens is 182 g/mol. The van der Waals surface area contributed by atoms with E-state index in [2.05, 4.69) is 16.0 Å². The first-order chi connectivity index (χ1) is 6.40. The van der Waals surface area contributed by atoms with Gasteiger partial charge in [0, 0.05) is 18.5 Å². The molecule has 1 aromatic heterocycles. The van der Waals surface area contributed by atoms with E-state index in [4.69, 9.17) is 5.26 Å². The highest BCUT2D eigenvalue weighted by molar-refractivity contribution is 7.13. The van der Waals surface area contributed by atoms with Gasteiger partial charge in [0.1, 0.15) is 0 Å². The molecule has 0 aliphatic carbocycles. The van der Waals surface area contributed by atoms with Crippen LogP contribution in [0, 0.1) is 11.3 Å². The molecule has 3 nitrogen and oxygen atoms in total. The number of nitriles is 1. The lowest BCUT2D eigenvalue weighted by Gasteiger charge is -2.11. The number of hydrogen-bond acceptors (Lipinski definition) is 4. The topological polar surface area (TPSA) is 39.9 Å². The zero-order chi connectivity index (χ0) is 9.10. The summed E-state index contributed by atoms with van der Waals surface area (Å²) in [6.07, 6.45) is 2.98. The van der Waals surface area contributed by atoms with Crippen LogP contribution in [0.4, 0.5) is 5.13 Å². The fourth-order valence-electron chi connectivity index (χ4n) is 1.51. The summed E-state index contributed by atoms with van der Waals surface area (Å²) in [5.41, 5.74) is 0.911. The summed E-state index contributed by atoms with van der Waals surface area (Å²) in [7, 11) is 0. The van der Waals surface area contributed by atoms with Crippen LogP contribution in [0.5, 0.6) is 0 Å². The van der Waals surface area contributed by atoms with Crippen molar-refractivity contribution < 1.29 is 0 Å². The van der Waals surface area contributed by atoms with Crippen molar-refractivity contribution >= 4 is 16.5 Å². The van der Waals surface area contributed by atoms with Crippen molar-refractivity contribution in [2.24, 2.45) is 0 Å². The van der Waals surface area contributed by atoms with Crippen molar-refractivity contribution in [2.45, 2.75) is 19.3 Å². The normalized spacial score (nSPS) is 16.1. The first-order valence-corrected chi connectivity index (χ1v) is 5.34. The van der Waals surface area contributed by atoms with Gasteiger partial charge in [0.2, 0.25) is 0 Å². The molecule has 1 aliphatic rings. The maximum absolute atomic E-state index is 8.50. The SMILES string of the molecule is N#CCc1csc(N2CCCC2)n1. The van der Waals surface area contributed by atoms with Crippen LogP contribution in [0.25, 0.3) is 0 Å². The largest absolute Gasteiger partial charge is 0.348 e. The van der Waals surface area contributed by atoms with Crippen molar-refractivity contribution in [3.8, 4) is 6.07 Å². The molecule has 68 valence electrons. The first-order valence-electron chi connectivity index (χ1n) is 4.46. The Balaban J connectivity index is 2.08. The predicted octanol–water partition coefficient (Wildman–Crippen LogP) is 1.81. The Morgan fingerprint density at radius 3 is 3.00 bits per heavy atom. The Morgan fingerprint density at radius 2 is 2.31 bits per heavy atom. The number of hydrogen-bond donors (Lipinski definition) is 0. The maximum Gasteiger partial charge on any atom is 0.185 e. The van der Waals surface area contributed by atoms with Gasteiger partial charge in [-0.15, -0.1) is 11.3 Å². The fourth-order valence-corrected chi connectivity index (χ4v) is 2.39. The summed E-state index contributed by atoms with van der Waals surface area (Å²) in [6.45, 7) is 2.25. The molecule has 0 spiro atoms. The van der Waals surface area contributed by atoms with Crippen molar-refractivity contribution in [3.63, 3.8) is 0 Å². The molecule has 1 saturated heterocycles. The second kappa shape index (κ2) is 3.75. The molecule has 4 heteroatoms. The number of thiazole rings is 1. The Kier molecular flexibility index (Phi) is 2.46. The predicted molar refractivity (Wildman–Crippen MR) is 52.9 cm³/mol. The average Bonchev–Trinajstić information content (AvgIpc) is 2.70. The van der Waals surface area contributed by atoms with Crippen molar-refractivity contribution in [3.05, 3.63) is 11.1 Å². The second-order valence-corrected chi connectivity index (χ2v) is 3.99. The fraction of sp³-hybridized carbons (Fsp3) is 0.556. The minimum atomic E-state index is 0.435. The van der Waals surface area contributed by atoms with Crippen LogP contribution in [0.3, 0.4) is 0 Å². The molecule has 0 bridgehead atoms. The van der Waals surface area contributed by atoms with Crippen LogP contribution in [0.1, 0.15) is 18.5 Å². The van der Waals surface area contributed by atoms with E-state index in [1.54, 1.807) is 11.3 Å². The molecule has 1 aromatic rings. The van der Waals surface area contributed by atoms with Crippen molar-refractivity contribution in [2.75, 3.05) is 18.0 Å². The minimum absolute atomic E-state index is 0.435. The number of aromatic nitrogens is 1. The van der Waals surface area contributed by atoms with Gasteiger partial charge in [-0.1, -0.05) is 0 Å². The summed E-state index contributed by atoms with van der Waals surface area (Å²) >= 11 is 1.65. The smallest absolute Gasteiger partial charge is 0.185 e. The number of anilines is 1. The second-order valence-electron chi connectivity index (χ2n) is 3.15. The molecule has 2 rings (SSSR count). The molecule has 0 aromatic carbocycles. The van der Waals surface area contributed by atoms with E-state index >= 15 is 0 Å². The lowest BCUT2D eigenvalue weighted by Crippen LogP contribution is -2.17. The molecule has 0 amide bonds. The van der Waals surface area contributed by atoms with E-state index in [-0.39, 0.29) is 0 Å². The molecule has 13 heavy (non-hydrogen) atoms. The number of rotatable bonds is 2. The van der Waals surface area contributed by atoms with Gasteiger partial charge < -0.3 is 4.90 Å². The lowest BCUT2D eigenvalue weighted by atomic mass is 10.4. The Hall–Kier alpha value is -1.08. The maximum atomic E-state index is 8.50. The van der Waals surface area contributed by atoms with Crippen LogP contribution in [0.15, 0.2) is 5.38 Å². The van der Waals surface area contributed by atoms with E-state index in [1.165, 1.54) is 12.8 Å². The molecular formula is C9H11N3S. The molecule has 0 saturated carbocycles. The van der Waals surface area contributed by atoms with E-state index in [9.17, 15) is 0 Å². The Morgan fingerprint density at radius 1 is 1.54 bits per heavy atom. The van der Waals surface area contributed by atoms with Gasteiger partial charge in [-0.2, -0.15) is 5.26 Å². The van der Waals surface area contributed by atoms with E-state index in [0.717, 1.165) is 23.9 Å². The minimum Gasteiger partial charge on any atom is -0.348 e. The standard InChI is InChI=1S/C9H11N3S/c10-4-3-8-7-13-9(11-8)12-5-1-2-6-12/h7H,1-3,5-6H2. The average molecular weight is 193 g/mol. The zero-order valence-corrected chi connectivity index (χ0v) is 8.18. The third kappa shape index (κ3) is 1.81. The molecule has 2 heterocycles. The molecule has 0 radical (unpaired) electrons. The third-order valence-electron chi connectivity index (χ3n) is 2.18. The molecule has 0 unspecified atom stereocenters. The van der Waals surface area contributed by atoms with E-state index < -0.39 is 0 Å². The highest BCUT2D eigenvalue weighted by Crippen LogP contribution is 2.24. The van der Waals surface area contributed by atoms with Crippen LogP contribution in [-0.2, 0) is 6.42 Å². The summed E-state index contributed by atoms with van der Waals surface area (Å²) in [5.74, 6) is 0. The van der Waals surface area contributed by atoms with Crippen LogP contribution >= 0.6 is 11.3 Å². The lowest BCUT2D eigenvalue weighted by molar-refractivity contribution is 0.949. The number of nitrogens with zero attached hydrogens (tertiary/aromatic N) is 3. The third-order valence-corrected chi connectivity index (χ3v) is 3.13. The highest BCUT2D eigenvalue weighted by Gasteiger charge is 2.15. The van der Waals surface area contributed by atoms with Gasteiger partial charge >= 0.3 is 0 Å².